The van der Waals surface area contributed by atoms with Gasteiger partial charge < -0.3 is 15.4 Å². The molecule has 0 atom stereocenters. The smallest absolute Gasteiger partial charge is 0.270 e. The number of carbonyl (C=O) groups excluding carboxylic acids is 1. The van der Waals surface area contributed by atoms with Gasteiger partial charge in [-0.05, 0) is 17.2 Å². The van der Waals surface area contributed by atoms with Crippen LogP contribution in [-0.4, -0.2) is 31.1 Å². The fourth-order valence-corrected chi connectivity index (χ4v) is 3.13. The molecule has 0 aliphatic heterocycles. The van der Waals surface area contributed by atoms with Gasteiger partial charge in [0.15, 0.2) is 0 Å². The van der Waals surface area contributed by atoms with Crippen molar-refractivity contribution in [3.8, 4) is 0 Å². The number of non-ortho nitro benzene ring substituents is 1. The van der Waals surface area contributed by atoms with Crippen molar-refractivity contribution in [3.05, 3.63) is 106 Å². The Bertz CT molecular complexity index is 954. The van der Waals surface area contributed by atoms with E-state index in [1.165, 1.54) is 12.1 Å². The van der Waals surface area contributed by atoms with Gasteiger partial charge in [-0.15, -0.1) is 0 Å². The summed E-state index contributed by atoms with van der Waals surface area (Å²) >= 11 is 0. The lowest BCUT2D eigenvalue weighted by molar-refractivity contribution is -0.384. The van der Waals surface area contributed by atoms with E-state index in [0.29, 0.717) is 18.8 Å². The molecule has 2 N–H and O–H groups in total. The number of nitrogens with one attached hydrogen (secondary N) is 2. The summed E-state index contributed by atoms with van der Waals surface area (Å²) in [4.78, 5) is 24.0. The monoisotopic (exact) mass is 405 g/mol. The van der Waals surface area contributed by atoms with Gasteiger partial charge in [0.1, 0.15) is 0 Å². The molecule has 30 heavy (non-hydrogen) atoms. The average molecular weight is 405 g/mol. The second-order valence-electron chi connectivity index (χ2n) is 6.63. The molecular weight excluding hydrogens is 382 g/mol. The number of nitro benzene ring substituents is 1. The second kappa shape index (κ2) is 10.2. The maximum absolute atomic E-state index is 13.2. The van der Waals surface area contributed by atoms with Gasteiger partial charge in [0.2, 0.25) is 0 Å². The first-order chi connectivity index (χ1) is 14.6. The van der Waals surface area contributed by atoms with Crippen molar-refractivity contribution in [1.82, 2.24) is 5.32 Å². The van der Waals surface area contributed by atoms with Gasteiger partial charge in [-0.25, -0.2) is 0 Å². The first kappa shape index (κ1) is 21.0. The summed E-state index contributed by atoms with van der Waals surface area (Å²) in [6.07, 6.45) is 0. The Labute approximate surface area is 174 Å². The molecule has 0 saturated carbocycles. The van der Waals surface area contributed by atoms with E-state index in [-0.39, 0.29) is 11.3 Å². The lowest BCUT2D eigenvalue weighted by Crippen LogP contribution is -2.30. The number of carbonyl (C=O) groups is 1. The number of ether oxygens (including phenoxy) is 1. The molecule has 0 aromatic heterocycles. The van der Waals surface area contributed by atoms with E-state index in [9.17, 15) is 14.9 Å². The molecule has 1 amide bonds. The predicted molar refractivity (Wildman–Crippen MR) is 116 cm³/mol. The Balaban J connectivity index is 1.95. The van der Waals surface area contributed by atoms with Gasteiger partial charge in [-0.3, -0.25) is 14.9 Å². The fraction of sp³-hybridized carbons (Fsp3) is 0.174. The summed E-state index contributed by atoms with van der Waals surface area (Å²) < 4.78 is 5.03. The fourth-order valence-electron chi connectivity index (χ4n) is 3.13. The third-order valence-corrected chi connectivity index (χ3v) is 4.62. The summed E-state index contributed by atoms with van der Waals surface area (Å²) in [5, 5.41) is 17.4. The maximum atomic E-state index is 13.2. The molecule has 0 saturated heterocycles. The summed E-state index contributed by atoms with van der Waals surface area (Å²) in [5.41, 5.74) is 2.40. The summed E-state index contributed by atoms with van der Waals surface area (Å²) in [7, 11) is 1.58. The number of benzene rings is 3. The van der Waals surface area contributed by atoms with Crippen LogP contribution in [0.3, 0.4) is 0 Å². The number of rotatable bonds is 9. The number of anilines is 1. The molecule has 7 heteroatoms. The van der Waals surface area contributed by atoms with Gasteiger partial charge >= 0.3 is 0 Å². The lowest BCUT2D eigenvalue weighted by atomic mass is 9.98. The van der Waals surface area contributed by atoms with Crippen molar-refractivity contribution in [2.75, 3.05) is 25.6 Å². The Morgan fingerprint density at radius 1 is 1.00 bits per heavy atom. The van der Waals surface area contributed by atoms with Gasteiger partial charge in [-0.2, -0.15) is 0 Å². The molecule has 3 aromatic rings. The quantitative estimate of drug-likeness (QED) is 0.317. The highest BCUT2D eigenvalue weighted by atomic mass is 16.6. The maximum Gasteiger partial charge on any atom is 0.270 e. The Morgan fingerprint density at radius 3 is 2.13 bits per heavy atom. The van der Waals surface area contributed by atoms with Crippen molar-refractivity contribution >= 4 is 17.3 Å². The molecule has 0 heterocycles. The van der Waals surface area contributed by atoms with Crippen molar-refractivity contribution < 1.29 is 14.5 Å². The summed E-state index contributed by atoms with van der Waals surface area (Å²) in [6, 6.07) is 23.0. The number of hydrogen-bond donors (Lipinski definition) is 2. The van der Waals surface area contributed by atoms with Crippen molar-refractivity contribution in [1.29, 1.82) is 0 Å². The van der Waals surface area contributed by atoms with E-state index in [0.717, 1.165) is 11.1 Å². The molecule has 0 fully saturated rings. The van der Waals surface area contributed by atoms with E-state index in [4.69, 9.17) is 4.74 Å². The molecule has 0 unspecified atom stereocenters. The first-order valence-electron chi connectivity index (χ1n) is 9.52. The highest BCUT2D eigenvalue weighted by molar-refractivity contribution is 6.00. The van der Waals surface area contributed by atoms with E-state index >= 15 is 0 Å². The van der Waals surface area contributed by atoms with Crippen LogP contribution in [-0.2, 0) is 4.74 Å². The molecular formula is C23H23N3O4. The topological polar surface area (TPSA) is 93.5 Å². The van der Waals surface area contributed by atoms with Gasteiger partial charge in [-0.1, -0.05) is 60.7 Å². The zero-order valence-electron chi connectivity index (χ0n) is 16.6. The van der Waals surface area contributed by atoms with Crippen molar-refractivity contribution in [2.45, 2.75) is 6.04 Å². The third kappa shape index (κ3) is 5.21. The van der Waals surface area contributed by atoms with Crippen LogP contribution in [0, 0.1) is 10.1 Å². The molecule has 0 radical (unpaired) electrons. The first-order valence-corrected chi connectivity index (χ1v) is 9.52. The van der Waals surface area contributed by atoms with E-state index in [2.05, 4.69) is 10.6 Å². The number of amides is 1. The minimum atomic E-state index is -0.512. The van der Waals surface area contributed by atoms with E-state index in [1.807, 2.05) is 60.7 Å². The van der Waals surface area contributed by atoms with E-state index < -0.39 is 16.9 Å². The van der Waals surface area contributed by atoms with Crippen LogP contribution in [0.1, 0.15) is 27.5 Å². The lowest BCUT2D eigenvalue weighted by Gasteiger charge is -2.21. The van der Waals surface area contributed by atoms with Crippen LogP contribution in [0.25, 0.3) is 0 Å². The number of nitrogens with zero attached hydrogens (tertiary/aromatic N) is 1. The van der Waals surface area contributed by atoms with Crippen molar-refractivity contribution in [2.24, 2.45) is 0 Å². The number of hydrogen-bond acceptors (Lipinski definition) is 5. The molecule has 3 rings (SSSR count). The summed E-state index contributed by atoms with van der Waals surface area (Å²) in [6.45, 7) is 0.907. The Morgan fingerprint density at radius 2 is 1.60 bits per heavy atom. The highest BCUT2D eigenvalue weighted by Crippen LogP contribution is 2.26. The van der Waals surface area contributed by atoms with Gasteiger partial charge in [0, 0.05) is 31.5 Å². The average Bonchev–Trinajstić information content (AvgIpc) is 2.78. The van der Waals surface area contributed by atoms with Gasteiger partial charge in [0.05, 0.1) is 23.1 Å². The molecule has 0 bridgehead atoms. The van der Waals surface area contributed by atoms with Crippen LogP contribution in [0.4, 0.5) is 11.4 Å². The SMILES string of the molecule is COCCNc1ccc([N+](=O)[O-])cc1C(=O)NC(c1ccccc1)c1ccccc1. The minimum absolute atomic E-state index is 0.145. The standard InChI is InChI=1S/C23H23N3O4/c1-30-15-14-24-21-13-12-19(26(28)29)16-20(21)23(27)25-22(17-8-4-2-5-9-17)18-10-6-3-7-11-18/h2-13,16,22,24H,14-15H2,1H3,(H,25,27). The molecule has 0 aliphatic rings. The summed E-state index contributed by atoms with van der Waals surface area (Å²) in [5.74, 6) is -0.406. The van der Waals surface area contributed by atoms with Crippen LogP contribution >= 0.6 is 0 Å². The largest absolute Gasteiger partial charge is 0.383 e. The Kier molecular flexibility index (Phi) is 7.13. The second-order valence-corrected chi connectivity index (χ2v) is 6.63. The molecule has 0 spiro atoms. The zero-order valence-corrected chi connectivity index (χ0v) is 16.6. The van der Waals surface area contributed by atoms with Crippen LogP contribution in [0.2, 0.25) is 0 Å². The zero-order chi connectivity index (χ0) is 21.3. The normalized spacial score (nSPS) is 10.6. The van der Waals surface area contributed by atoms with Gasteiger partial charge in [0.25, 0.3) is 11.6 Å². The molecule has 154 valence electrons. The van der Waals surface area contributed by atoms with E-state index in [1.54, 1.807) is 13.2 Å². The van der Waals surface area contributed by atoms with Crippen LogP contribution in [0.5, 0.6) is 0 Å². The molecule has 0 aliphatic carbocycles. The molecule has 7 nitrogen and oxygen atoms in total. The number of nitro groups is 1. The van der Waals surface area contributed by atoms with Crippen LogP contribution < -0.4 is 10.6 Å². The number of methoxy groups -OCH3 is 1. The highest BCUT2D eigenvalue weighted by Gasteiger charge is 2.21. The van der Waals surface area contributed by atoms with Crippen molar-refractivity contribution in [3.63, 3.8) is 0 Å². The van der Waals surface area contributed by atoms with Crippen LogP contribution in [0.15, 0.2) is 78.9 Å². The predicted octanol–water partition coefficient (Wildman–Crippen LogP) is 4.17. The molecule has 3 aromatic carbocycles. The minimum Gasteiger partial charge on any atom is -0.383 e. The Hall–Kier alpha value is -3.71. The third-order valence-electron chi connectivity index (χ3n) is 4.62.